The number of pyridine rings is 2. The zero-order valence-corrected chi connectivity index (χ0v) is 28.5. The number of aliphatic hydroxyl groups is 2. The molecule has 0 aromatic carbocycles. The normalized spacial score (nSPS) is 11.4. The van der Waals surface area contributed by atoms with Crippen LogP contribution in [0.5, 0.6) is 0 Å². The highest BCUT2D eigenvalue weighted by molar-refractivity contribution is 5.60. The second kappa shape index (κ2) is 28.5. The van der Waals surface area contributed by atoms with E-state index in [1.807, 2.05) is 0 Å². The SMILES string of the molecule is OCCCCCCCCCCC[n+]1ccc(-c2cc[n+](CCCCCCCCCCCO)cc2)cc1.[O-][Cl+3]([O-])([O-])[O-].[O-][Cl+3]([O-])([O-])[O-]. The maximum absolute atomic E-state index is 8.81. The summed E-state index contributed by atoms with van der Waals surface area (Å²) in [6, 6.07) is 8.98. The molecular weight excluding hydrogens is 643 g/mol. The Balaban J connectivity index is 0.00000175. The molecule has 2 aromatic heterocycles. The van der Waals surface area contributed by atoms with Crippen LogP contribution in [0.1, 0.15) is 116 Å². The molecule has 0 radical (unpaired) electrons. The van der Waals surface area contributed by atoms with Crippen LogP contribution in [0.4, 0.5) is 0 Å². The Morgan fingerprint density at radius 3 is 0.783 bits per heavy atom. The predicted molar refractivity (Wildman–Crippen MR) is 150 cm³/mol. The smallest absolute Gasteiger partial charge is 0.169 e. The Morgan fingerprint density at radius 2 is 0.565 bits per heavy atom. The number of nitrogens with zero attached hydrogens (tertiary/aromatic N) is 2. The molecule has 0 aliphatic rings. The van der Waals surface area contributed by atoms with Crippen molar-refractivity contribution in [3.8, 4) is 11.1 Å². The minimum absolute atomic E-state index is 0.347. The zero-order chi connectivity index (χ0) is 34.5. The predicted octanol–water partition coefficient (Wildman–Crippen LogP) is -2.58. The first-order valence-corrected chi connectivity index (χ1v) is 18.7. The van der Waals surface area contributed by atoms with Crippen LogP contribution in [-0.2, 0) is 13.1 Å². The summed E-state index contributed by atoms with van der Waals surface area (Å²) in [4.78, 5) is 0. The van der Waals surface area contributed by atoms with Crippen LogP contribution in [0.3, 0.4) is 0 Å². The van der Waals surface area contributed by atoms with E-state index in [1.54, 1.807) is 0 Å². The first-order valence-electron chi connectivity index (χ1n) is 16.3. The lowest BCUT2D eigenvalue weighted by atomic mass is 10.1. The van der Waals surface area contributed by atoms with E-state index in [9.17, 15) is 0 Å². The van der Waals surface area contributed by atoms with E-state index in [4.69, 9.17) is 47.5 Å². The van der Waals surface area contributed by atoms with E-state index in [1.165, 1.54) is 114 Å². The Morgan fingerprint density at radius 1 is 0.370 bits per heavy atom. The summed E-state index contributed by atoms with van der Waals surface area (Å²) in [6.07, 6.45) is 31.6. The van der Waals surface area contributed by atoms with Crippen LogP contribution in [-0.4, -0.2) is 23.4 Å². The van der Waals surface area contributed by atoms with Crippen LogP contribution < -0.4 is 46.4 Å². The molecular formula is C32H54Cl2N2O10. The van der Waals surface area contributed by atoms with Gasteiger partial charge in [-0.25, -0.2) is 46.4 Å². The summed E-state index contributed by atoms with van der Waals surface area (Å²) in [6.45, 7) is 2.91. The van der Waals surface area contributed by atoms with Gasteiger partial charge in [0.1, 0.15) is 13.1 Å². The molecule has 2 heterocycles. The van der Waals surface area contributed by atoms with E-state index in [0.29, 0.717) is 13.2 Å². The summed E-state index contributed by atoms with van der Waals surface area (Å²) in [7, 11) is -9.89. The minimum atomic E-state index is -4.94. The molecule has 0 fully saturated rings. The van der Waals surface area contributed by atoms with Gasteiger partial charge in [-0.2, -0.15) is 0 Å². The van der Waals surface area contributed by atoms with Gasteiger partial charge in [-0.05, 0) is 36.8 Å². The molecule has 0 atom stereocenters. The molecule has 0 spiro atoms. The Kier molecular flexibility index (Phi) is 27.5. The summed E-state index contributed by atoms with van der Waals surface area (Å²) < 4.78 is 72.6. The van der Waals surface area contributed by atoms with Crippen molar-refractivity contribution < 1.29 is 77.1 Å². The fourth-order valence-electron chi connectivity index (χ4n) is 4.88. The number of hydrogen-bond donors (Lipinski definition) is 2. The van der Waals surface area contributed by atoms with Gasteiger partial charge in [-0.3, -0.25) is 0 Å². The summed E-state index contributed by atoms with van der Waals surface area (Å²) in [5, 5.41) is 17.6. The molecule has 12 nitrogen and oxygen atoms in total. The Labute approximate surface area is 278 Å². The molecule has 0 bridgehead atoms. The number of rotatable bonds is 23. The van der Waals surface area contributed by atoms with Crippen molar-refractivity contribution in [2.45, 2.75) is 129 Å². The number of unbranched alkanes of at least 4 members (excludes halogenated alkanes) is 16. The zero-order valence-electron chi connectivity index (χ0n) is 27.0. The largest absolute Gasteiger partial charge is 0.396 e. The lowest BCUT2D eigenvalue weighted by Crippen LogP contribution is -2.68. The molecule has 0 unspecified atom stereocenters. The van der Waals surface area contributed by atoms with Crippen LogP contribution in [0.2, 0.25) is 0 Å². The Hall–Kier alpha value is -1.52. The molecule has 2 rings (SSSR count). The van der Waals surface area contributed by atoms with Crippen LogP contribution >= 0.6 is 0 Å². The van der Waals surface area contributed by atoms with E-state index >= 15 is 0 Å². The molecule has 0 saturated heterocycles. The first-order chi connectivity index (χ1) is 21.8. The first kappa shape index (κ1) is 44.5. The highest BCUT2D eigenvalue weighted by atomic mass is 35.7. The quantitative estimate of drug-likeness (QED) is 0.0910. The van der Waals surface area contributed by atoms with Crippen LogP contribution in [0.15, 0.2) is 49.1 Å². The topological polar surface area (TPSA) is 233 Å². The van der Waals surface area contributed by atoms with Crippen molar-refractivity contribution in [2.75, 3.05) is 13.2 Å². The van der Waals surface area contributed by atoms with Gasteiger partial charge in [0.25, 0.3) is 0 Å². The second-order valence-corrected chi connectivity index (χ2v) is 12.7. The lowest BCUT2D eigenvalue weighted by Gasteiger charge is -2.17. The van der Waals surface area contributed by atoms with Gasteiger partial charge < -0.3 is 10.2 Å². The molecule has 2 N–H and O–H groups in total. The average molecular weight is 698 g/mol. The van der Waals surface area contributed by atoms with Crippen molar-refractivity contribution in [3.05, 3.63) is 49.1 Å². The number of hydrogen-bond acceptors (Lipinski definition) is 10. The fraction of sp³-hybridized carbons (Fsp3) is 0.688. The van der Waals surface area contributed by atoms with Crippen LogP contribution in [0, 0.1) is 20.5 Å². The molecule has 0 aliphatic carbocycles. The van der Waals surface area contributed by atoms with Gasteiger partial charge in [0.15, 0.2) is 24.8 Å². The van der Waals surface area contributed by atoms with Crippen molar-refractivity contribution in [3.63, 3.8) is 0 Å². The van der Waals surface area contributed by atoms with E-state index in [2.05, 4.69) is 58.2 Å². The summed E-state index contributed by atoms with van der Waals surface area (Å²) in [5.41, 5.74) is 2.58. The number of aliphatic hydroxyl groups excluding tert-OH is 2. The van der Waals surface area contributed by atoms with Gasteiger partial charge in [0.2, 0.25) is 0 Å². The maximum atomic E-state index is 8.81. The third kappa shape index (κ3) is 33.8. The number of aromatic nitrogens is 2. The monoisotopic (exact) mass is 696 g/mol. The Bertz CT molecular complexity index is 854. The van der Waals surface area contributed by atoms with Crippen molar-refractivity contribution in [1.29, 1.82) is 0 Å². The van der Waals surface area contributed by atoms with E-state index in [-0.39, 0.29) is 0 Å². The third-order valence-corrected chi connectivity index (χ3v) is 7.26. The fourth-order valence-corrected chi connectivity index (χ4v) is 4.88. The second-order valence-electron chi connectivity index (χ2n) is 11.2. The van der Waals surface area contributed by atoms with E-state index in [0.717, 1.165) is 25.9 Å². The third-order valence-electron chi connectivity index (χ3n) is 7.26. The molecule has 0 aliphatic heterocycles. The standard InChI is InChI=1S/C32H54N2O2.2ClHO4/c35-29-17-13-9-5-1-3-7-11-15-23-33-25-19-31(20-26-33)32-21-27-34(28-22-32)24-16-12-8-4-2-6-10-14-18-30-36;2*2-1(3,4)5/h19-22,25-28,35-36H,1-18,23-24,29-30H2;2*(H,2,3,4,5)/q+2;;/p-2. The van der Waals surface area contributed by atoms with Gasteiger partial charge in [-0.15, -0.1) is 20.5 Å². The van der Waals surface area contributed by atoms with Crippen molar-refractivity contribution >= 4 is 0 Å². The highest BCUT2D eigenvalue weighted by Crippen LogP contribution is 2.16. The minimum Gasteiger partial charge on any atom is -0.396 e. The average Bonchev–Trinajstić information content (AvgIpc) is 2.98. The maximum Gasteiger partial charge on any atom is 0.169 e. The number of halogens is 2. The molecule has 2 aromatic rings. The van der Waals surface area contributed by atoms with E-state index < -0.39 is 20.5 Å². The molecule has 46 heavy (non-hydrogen) atoms. The molecule has 14 heteroatoms. The summed E-state index contributed by atoms with van der Waals surface area (Å²) >= 11 is 0. The number of aryl methyl sites for hydroxylation is 2. The molecule has 0 amide bonds. The van der Waals surface area contributed by atoms with Gasteiger partial charge in [0, 0.05) is 50.3 Å². The molecule has 0 saturated carbocycles. The highest BCUT2D eigenvalue weighted by Gasteiger charge is 2.06. The summed E-state index contributed by atoms with van der Waals surface area (Å²) in [5.74, 6) is 0. The van der Waals surface area contributed by atoms with Gasteiger partial charge in [-0.1, -0.05) is 77.0 Å². The van der Waals surface area contributed by atoms with Crippen molar-refractivity contribution in [1.82, 2.24) is 0 Å². The van der Waals surface area contributed by atoms with Gasteiger partial charge in [0.05, 0.1) is 0 Å². The lowest BCUT2D eigenvalue weighted by molar-refractivity contribution is -2.00. The van der Waals surface area contributed by atoms with Gasteiger partial charge >= 0.3 is 0 Å². The van der Waals surface area contributed by atoms with Crippen molar-refractivity contribution in [2.24, 2.45) is 0 Å². The van der Waals surface area contributed by atoms with Crippen LogP contribution in [0.25, 0.3) is 11.1 Å². The molecule has 266 valence electrons.